The van der Waals surface area contributed by atoms with Gasteiger partial charge in [0.15, 0.2) is 17.5 Å². The highest BCUT2D eigenvalue weighted by atomic mass is 19.3. The van der Waals surface area contributed by atoms with Gasteiger partial charge in [0, 0.05) is 5.56 Å². The quantitative estimate of drug-likeness (QED) is 0.495. The predicted octanol–water partition coefficient (Wildman–Crippen LogP) is 1.68. The van der Waals surface area contributed by atoms with Crippen molar-refractivity contribution in [2.75, 3.05) is 20.3 Å². The Labute approximate surface area is 136 Å². The second kappa shape index (κ2) is 9.46. The van der Waals surface area contributed by atoms with Crippen molar-refractivity contribution in [2.24, 2.45) is 0 Å². The molecular formula is C15H17F2NO6. The van der Waals surface area contributed by atoms with Crippen LogP contribution in [0.2, 0.25) is 0 Å². The minimum Gasteiger partial charge on any atom is -0.493 e. The number of carboxylic acids is 1. The lowest BCUT2D eigenvalue weighted by Crippen LogP contribution is -2.44. The molecule has 0 saturated heterocycles. The first-order chi connectivity index (χ1) is 11.4. The first-order valence-corrected chi connectivity index (χ1v) is 6.74. The average Bonchev–Trinajstić information content (AvgIpc) is 2.53. The van der Waals surface area contributed by atoms with Gasteiger partial charge in [0.05, 0.1) is 20.3 Å². The maximum absolute atomic E-state index is 12.4. The number of carboxylic acid groups (broad SMARTS) is 1. The molecule has 0 radical (unpaired) electrons. The van der Waals surface area contributed by atoms with Gasteiger partial charge in [-0.05, 0) is 18.2 Å². The third-order valence-corrected chi connectivity index (χ3v) is 2.77. The second-order valence-corrected chi connectivity index (χ2v) is 4.43. The molecule has 2 N–H and O–H groups in total. The fourth-order valence-corrected chi connectivity index (χ4v) is 1.69. The molecule has 1 rings (SSSR count). The van der Waals surface area contributed by atoms with Crippen LogP contribution in [-0.2, 0) is 9.53 Å². The zero-order chi connectivity index (χ0) is 18.1. The largest absolute Gasteiger partial charge is 0.493 e. The van der Waals surface area contributed by atoms with E-state index in [-0.39, 0.29) is 30.3 Å². The van der Waals surface area contributed by atoms with Crippen molar-refractivity contribution in [3.05, 3.63) is 36.4 Å². The number of rotatable bonds is 10. The highest BCUT2D eigenvalue weighted by molar-refractivity contribution is 5.97. The number of hydrogen-bond acceptors (Lipinski definition) is 5. The number of carbonyl (C=O) groups is 2. The molecule has 1 atom stereocenters. The molecule has 0 bridgehead atoms. The number of nitrogens with one attached hydrogen (secondary N) is 1. The van der Waals surface area contributed by atoms with Crippen molar-refractivity contribution in [2.45, 2.75) is 12.7 Å². The number of aliphatic carboxylic acids is 1. The number of hydrogen-bond donors (Lipinski definition) is 2. The van der Waals surface area contributed by atoms with E-state index >= 15 is 0 Å². The molecule has 1 unspecified atom stereocenters. The highest BCUT2D eigenvalue weighted by Crippen LogP contribution is 2.29. The zero-order valence-corrected chi connectivity index (χ0v) is 12.8. The Bertz CT molecular complexity index is 593. The fraction of sp³-hybridized carbons (Fsp3) is 0.333. The van der Waals surface area contributed by atoms with Gasteiger partial charge in [0.25, 0.3) is 5.91 Å². The molecule has 0 aliphatic carbocycles. The van der Waals surface area contributed by atoms with Gasteiger partial charge in [-0.2, -0.15) is 8.78 Å². The Morgan fingerprint density at radius 2 is 2.08 bits per heavy atom. The number of ether oxygens (including phenoxy) is 3. The standard InChI is InChI=1S/C15H17F2NO6/c1-3-6-23-8-10(14(20)21)18-13(19)9-4-5-11(22-2)12(7-9)24-15(16)17/h3-5,7,10,15H,1,6,8H2,2H3,(H,18,19)(H,20,21). The van der Waals surface area contributed by atoms with Crippen LogP contribution in [-0.4, -0.2) is 50.0 Å². The molecule has 1 amide bonds. The minimum absolute atomic E-state index is 0.0101. The number of carbonyl (C=O) groups excluding carboxylic acids is 1. The van der Waals surface area contributed by atoms with Gasteiger partial charge >= 0.3 is 12.6 Å². The van der Waals surface area contributed by atoms with Gasteiger partial charge in [0.1, 0.15) is 0 Å². The van der Waals surface area contributed by atoms with Crippen molar-refractivity contribution in [3.8, 4) is 11.5 Å². The fourth-order valence-electron chi connectivity index (χ4n) is 1.69. The van der Waals surface area contributed by atoms with Crippen LogP contribution >= 0.6 is 0 Å². The van der Waals surface area contributed by atoms with Crippen LogP contribution in [0.3, 0.4) is 0 Å². The summed E-state index contributed by atoms with van der Waals surface area (Å²) in [6.07, 6.45) is 1.43. The summed E-state index contributed by atoms with van der Waals surface area (Å²) in [6.45, 7) is 0.158. The van der Waals surface area contributed by atoms with E-state index in [0.29, 0.717) is 0 Å². The molecule has 0 aliphatic heterocycles. The van der Waals surface area contributed by atoms with Crippen LogP contribution < -0.4 is 14.8 Å². The van der Waals surface area contributed by atoms with E-state index in [9.17, 15) is 18.4 Å². The first kappa shape index (κ1) is 19.4. The van der Waals surface area contributed by atoms with Crippen LogP contribution in [0.5, 0.6) is 11.5 Å². The lowest BCUT2D eigenvalue weighted by atomic mass is 10.1. The van der Waals surface area contributed by atoms with Crippen molar-refractivity contribution >= 4 is 11.9 Å². The second-order valence-electron chi connectivity index (χ2n) is 4.43. The molecule has 0 spiro atoms. The Morgan fingerprint density at radius 3 is 2.62 bits per heavy atom. The lowest BCUT2D eigenvalue weighted by molar-refractivity contribution is -0.140. The topological polar surface area (TPSA) is 94.1 Å². The van der Waals surface area contributed by atoms with E-state index in [1.807, 2.05) is 0 Å². The van der Waals surface area contributed by atoms with E-state index in [0.717, 1.165) is 6.07 Å². The minimum atomic E-state index is -3.10. The molecule has 0 aliphatic rings. The third kappa shape index (κ3) is 5.84. The lowest BCUT2D eigenvalue weighted by Gasteiger charge is -2.15. The molecule has 24 heavy (non-hydrogen) atoms. The Kier molecular flexibility index (Phi) is 7.63. The average molecular weight is 345 g/mol. The number of methoxy groups -OCH3 is 1. The SMILES string of the molecule is C=CCOCC(NC(=O)c1ccc(OC)c(OC(F)F)c1)C(=O)O. The normalized spacial score (nSPS) is 11.7. The number of benzene rings is 1. The van der Waals surface area contributed by atoms with Gasteiger partial charge in [-0.15, -0.1) is 6.58 Å². The van der Waals surface area contributed by atoms with E-state index in [1.165, 1.54) is 25.3 Å². The maximum atomic E-state index is 12.4. The third-order valence-electron chi connectivity index (χ3n) is 2.77. The Morgan fingerprint density at radius 1 is 1.38 bits per heavy atom. The van der Waals surface area contributed by atoms with Crippen LogP contribution in [0.1, 0.15) is 10.4 Å². The van der Waals surface area contributed by atoms with E-state index in [4.69, 9.17) is 14.6 Å². The molecular weight excluding hydrogens is 328 g/mol. The molecule has 132 valence electrons. The Hall–Kier alpha value is -2.68. The van der Waals surface area contributed by atoms with Crippen LogP contribution in [0.4, 0.5) is 8.78 Å². The molecule has 1 aromatic rings. The van der Waals surface area contributed by atoms with Gasteiger partial charge in [0.2, 0.25) is 0 Å². The van der Waals surface area contributed by atoms with Crippen molar-refractivity contribution < 1.29 is 37.7 Å². The van der Waals surface area contributed by atoms with Gasteiger partial charge < -0.3 is 24.6 Å². The molecule has 0 fully saturated rings. The monoisotopic (exact) mass is 345 g/mol. The van der Waals surface area contributed by atoms with Gasteiger partial charge in [-0.3, -0.25) is 4.79 Å². The summed E-state index contributed by atoms with van der Waals surface area (Å²) in [6, 6.07) is 2.27. The van der Waals surface area contributed by atoms with E-state index in [1.54, 1.807) is 0 Å². The molecule has 7 nitrogen and oxygen atoms in total. The smallest absolute Gasteiger partial charge is 0.387 e. The van der Waals surface area contributed by atoms with Crippen LogP contribution in [0, 0.1) is 0 Å². The summed E-state index contributed by atoms with van der Waals surface area (Å²) >= 11 is 0. The Balaban J connectivity index is 2.88. The number of alkyl halides is 2. The van der Waals surface area contributed by atoms with Gasteiger partial charge in [-0.25, -0.2) is 4.79 Å². The molecule has 0 heterocycles. The summed E-state index contributed by atoms with van der Waals surface area (Å²) in [4.78, 5) is 23.2. The maximum Gasteiger partial charge on any atom is 0.387 e. The predicted molar refractivity (Wildman–Crippen MR) is 79.5 cm³/mol. The molecule has 1 aromatic carbocycles. The first-order valence-electron chi connectivity index (χ1n) is 6.74. The van der Waals surface area contributed by atoms with E-state index < -0.39 is 24.5 Å². The summed E-state index contributed by atoms with van der Waals surface area (Å²) in [5.41, 5.74) is -0.0681. The molecule has 9 heteroatoms. The van der Waals surface area contributed by atoms with E-state index in [2.05, 4.69) is 16.6 Å². The van der Waals surface area contributed by atoms with Crippen LogP contribution in [0.15, 0.2) is 30.9 Å². The highest BCUT2D eigenvalue weighted by Gasteiger charge is 2.22. The molecule has 0 aromatic heterocycles. The van der Waals surface area contributed by atoms with Crippen molar-refractivity contribution in [1.29, 1.82) is 0 Å². The summed E-state index contributed by atoms with van der Waals surface area (Å²) in [5.74, 6) is -2.41. The molecule has 0 saturated carbocycles. The van der Waals surface area contributed by atoms with Crippen LogP contribution in [0.25, 0.3) is 0 Å². The zero-order valence-electron chi connectivity index (χ0n) is 12.8. The number of amides is 1. The summed E-state index contributed by atoms with van der Waals surface area (Å²) in [5, 5.41) is 11.3. The van der Waals surface area contributed by atoms with Crippen molar-refractivity contribution in [1.82, 2.24) is 5.32 Å². The van der Waals surface area contributed by atoms with Crippen molar-refractivity contribution in [3.63, 3.8) is 0 Å². The summed E-state index contributed by atoms with van der Waals surface area (Å²) in [7, 11) is 1.25. The summed E-state index contributed by atoms with van der Waals surface area (Å²) < 4.78 is 38.9. The van der Waals surface area contributed by atoms with Gasteiger partial charge in [-0.1, -0.05) is 6.08 Å². The number of halogens is 2.